The maximum Gasteiger partial charge on any atom is 0.248 e. The maximum atomic E-state index is 11.6. The average Bonchev–Trinajstić information content (AvgIpc) is 2.01. The lowest BCUT2D eigenvalue weighted by molar-refractivity contribution is -0.130. The van der Waals surface area contributed by atoms with Gasteiger partial charge in [-0.15, -0.1) is 0 Å². The molecule has 0 aromatic carbocycles. The van der Waals surface area contributed by atoms with Gasteiger partial charge in [0, 0.05) is 18.7 Å². The van der Waals surface area contributed by atoms with E-state index in [1.54, 1.807) is 6.92 Å². The van der Waals surface area contributed by atoms with Crippen molar-refractivity contribution < 1.29 is 4.79 Å². The number of likely N-dealkylation sites (tertiary alicyclic amines) is 1. The summed E-state index contributed by atoms with van der Waals surface area (Å²) in [5.74, 6) is 0.118. The van der Waals surface area contributed by atoms with Gasteiger partial charge < -0.3 is 4.90 Å². The number of carbonyl (C=O) groups is 1. The highest BCUT2D eigenvalue weighted by molar-refractivity contribution is 5.92. The van der Waals surface area contributed by atoms with Crippen LogP contribution in [-0.2, 0) is 4.79 Å². The van der Waals surface area contributed by atoms with Crippen molar-refractivity contribution in [1.29, 1.82) is 0 Å². The molecule has 0 bridgehead atoms. The van der Waals surface area contributed by atoms with Crippen molar-refractivity contribution in [1.82, 2.24) is 4.90 Å². The first-order valence-corrected chi connectivity index (χ1v) is 4.87. The zero-order chi connectivity index (χ0) is 10.1. The van der Waals surface area contributed by atoms with E-state index in [9.17, 15) is 4.79 Å². The molecule has 13 heavy (non-hydrogen) atoms. The van der Waals surface area contributed by atoms with Crippen LogP contribution in [0.2, 0.25) is 0 Å². The third-order valence-corrected chi connectivity index (χ3v) is 2.55. The molecule has 0 aromatic rings. The van der Waals surface area contributed by atoms with Crippen LogP contribution in [0.25, 0.3) is 0 Å². The van der Waals surface area contributed by atoms with Gasteiger partial charge in [0.05, 0.1) is 0 Å². The van der Waals surface area contributed by atoms with Gasteiger partial charge in [0.25, 0.3) is 0 Å². The van der Waals surface area contributed by atoms with Crippen LogP contribution in [0.3, 0.4) is 0 Å². The predicted octanol–water partition coefficient (Wildman–Crippen LogP) is 2.21. The van der Waals surface area contributed by atoms with Gasteiger partial charge in [-0.1, -0.05) is 20.4 Å². The van der Waals surface area contributed by atoms with Crippen molar-refractivity contribution in [2.75, 3.05) is 13.1 Å². The molecule has 1 fully saturated rings. The molecule has 0 aliphatic carbocycles. The summed E-state index contributed by atoms with van der Waals surface area (Å²) >= 11 is 0. The third-order valence-electron chi connectivity index (χ3n) is 2.55. The summed E-state index contributed by atoms with van der Waals surface area (Å²) in [5.41, 5.74) is 0.932. The molecule has 1 aliphatic heterocycles. The van der Waals surface area contributed by atoms with Gasteiger partial charge in [0.1, 0.15) is 0 Å². The molecule has 0 unspecified atom stereocenters. The van der Waals surface area contributed by atoms with Crippen LogP contribution in [-0.4, -0.2) is 23.9 Å². The summed E-state index contributed by atoms with van der Waals surface area (Å²) in [5, 5.41) is 0. The maximum absolute atomic E-state index is 11.6. The second-order valence-electron chi connectivity index (χ2n) is 4.77. The third kappa shape index (κ3) is 2.58. The molecule has 0 atom stereocenters. The van der Waals surface area contributed by atoms with Crippen LogP contribution < -0.4 is 0 Å². The molecule has 2 nitrogen and oxygen atoms in total. The second kappa shape index (κ2) is 3.52. The Hall–Kier alpha value is -0.790. The molecular formula is C11H19NO. The fraction of sp³-hybridized carbons (Fsp3) is 0.727. The lowest BCUT2D eigenvalue weighted by Crippen LogP contribution is -2.43. The molecule has 74 valence electrons. The highest BCUT2D eigenvalue weighted by atomic mass is 16.2. The van der Waals surface area contributed by atoms with Crippen LogP contribution in [0.5, 0.6) is 0 Å². The Morgan fingerprint density at radius 1 is 1.46 bits per heavy atom. The summed E-state index contributed by atoms with van der Waals surface area (Å²) in [6.07, 6.45) is 2.33. The van der Waals surface area contributed by atoms with Crippen molar-refractivity contribution in [2.45, 2.75) is 33.6 Å². The van der Waals surface area contributed by atoms with E-state index >= 15 is 0 Å². The number of amides is 1. The standard InChI is InChI=1S/C11H19NO/c1-9(2)10(13)12-7-5-6-11(3,4)8-12/h1,5-8H2,2-4H3. The van der Waals surface area contributed by atoms with E-state index in [1.165, 1.54) is 6.42 Å². The number of hydrogen-bond donors (Lipinski definition) is 0. The molecule has 2 heteroatoms. The van der Waals surface area contributed by atoms with Crippen molar-refractivity contribution in [2.24, 2.45) is 5.41 Å². The first-order valence-electron chi connectivity index (χ1n) is 4.87. The first-order chi connectivity index (χ1) is 5.92. The normalized spacial score (nSPS) is 21.3. The molecule has 1 rings (SSSR count). The van der Waals surface area contributed by atoms with Gasteiger partial charge >= 0.3 is 0 Å². The summed E-state index contributed by atoms with van der Waals surface area (Å²) in [6.45, 7) is 11.7. The fourth-order valence-electron chi connectivity index (χ4n) is 1.87. The van der Waals surface area contributed by atoms with Gasteiger partial charge in [0.2, 0.25) is 5.91 Å². The quantitative estimate of drug-likeness (QED) is 0.568. The molecule has 1 saturated heterocycles. The van der Waals surface area contributed by atoms with E-state index in [0.29, 0.717) is 5.57 Å². The number of piperidine rings is 1. The lowest BCUT2D eigenvalue weighted by atomic mass is 9.84. The van der Waals surface area contributed by atoms with Gasteiger partial charge in [-0.05, 0) is 25.2 Å². The predicted molar refractivity (Wildman–Crippen MR) is 54.4 cm³/mol. The van der Waals surface area contributed by atoms with Crippen LogP contribution in [0.4, 0.5) is 0 Å². The zero-order valence-electron chi connectivity index (χ0n) is 8.89. The minimum absolute atomic E-state index is 0.118. The molecule has 1 aliphatic rings. The van der Waals surface area contributed by atoms with Crippen molar-refractivity contribution >= 4 is 5.91 Å². The highest BCUT2D eigenvalue weighted by Crippen LogP contribution is 2.28. The van der Waals surface area contributed by atoms with E-state index in [2.05, 4.69) is 20.4 Å². The Balaban J connectivity index is 2.62. The number of rotatable bonds is 1. The summed E-state index contributed by atoms with van der Waals surface area (Å²) < 4.78 is 0. The van der Waals surface area contributed by atoms with Crippen molar-refractivity contribution in [3.05, 3.63) is 12.2 Å². The minimum Gasteiger partial charge on any atom is -0.338 e. The number of hydrogen-bond acceptors (Lipinski definition) is 1. The van der Waals surface area contributed by atoms with Gasteiger partial charge in [0.15, 0.2) is 0 Å². The molecular weight excluding hydrogens is 162 g/mol. The molecule has 0 N–H and O–H groups in total. The average molecular weight is 181 g/mol. The smallest absolute Gasteiger partial charge is 0.248 e. The lowest BCUT2D eigenvalue weighted by Gasteiger charge is -2.38. The van der Waals surface area contributed by atoms with Crippen molar-refractivity contribution in [3.8, 4) is 0 Å². The van der Waals surface area contributed by atoms with Crippen LogP contribution in [0.1, 0.15) is 33.6 Å². The Morgan fingerprint density at radius 2 is 2.08 bits per heavy atom. The summed E-state index contributed by atoms with van der Waals surface area (Å²) in [7, 11) is 0. The van der Waals surface area contributed by atoms with E-state index in [0.717, 1.165) is 19.5 Å². The minimum atomic E-state index is 0.118. The highest BCUT2D eigenvalue weighted by Gasteiger charge is 2.28. The van der Waals surface area contributed by atoms with Crippen molar-refractivity contribution in [3.63, 3.8) is 0 Å². The SMILES string of the molecule is C=C(C)C(=O)N1CCCC(C)(C)C1. The summed E-state index contributed by atoms with van der Waals surface area (Å²) in [6, 6.07) is 0. The van der Waals surface area contributed by atoms with Crippen LogP contribution >= 0.6 is 0 Å². The Morgan fingerprint density at radius 3 is 2.54 bits per heavy atom. The molecule has 1 amide bonds. The molecule has 1 heterocycles. The molecule has 0 saturated carbocycles. The summed E-state index contributed by atoms with van der Waals surface area (Å²) in [4.78, 5) is 13.5. The van der Waals surface area contributed by atoms with Crippen LogP contribution in [0, 0.1) is 5.41 Å². The Kier molecular flexibility index (Phi) is 2.79. The van der Waals surface area contributed by atoms with E-state index < -0.39 is 0 Å². The number of carbonyl (C=O) groups excluding carboxylic acids is 1. The van der Waals surface area contributed by atoms with Gasteiger partial charge in [-0.25, -0.2) is 0 Å². The zero-order valence-corrected chi connectivity index (χ0v) is 8.89. The molecule has 0 radical (unpaired) electrons. The number of nitrogens with zero attached hydrogens (tertiary/aromatic N) is 1. The first kappa shape index (κ1) is 10.3. The fourth-order valence-corrected chi connectivity index (χ4v) is 1.87. The van der Waals surface area contributed by atoms with E-state index in [-0.39, 0.29) is 11.3 Å². The largest absolute Gasteiger partial charge is 0.338 e. The Labute approximate surface area is 80.6 Å². The molecule has 0 aromatic heterocycles. The topological polar surface area (TPSA) is 20.3 Å². The van der Waals surface area contributed by atoms with Crippen LogP contribution in [0.15, 0.2) is 12.2 Å². The van der Waals surface area contributed by atoms with Gasteiger partial charge in [-0.2, -0.15) is 0 Å². The van der Waals surface area contributed by atoms with Gasteiger partial charge in [-0.3, -0.25) is 4.79 Å². The Bertz CT molecular complexity index is 230. The van der Waals surface area contributed by atoms with E-state index in [1.807, 2.05) is 4.90 Å². The van der Waals surface area contributed by atoms with E-state index in [4.69, 9.17) is 0 Å². The molecule has 0 spiro atoms. The second-order valence-corrected chi connectivity index (χ2v) is 4.77. The monoisotopic (exact) mass is 181 g/mol.